The van der Waals surface area contributed by atoms with Crippen molar-refractivity contribution >= 4 is 0 Å². The second-order valence-electron chi connectivity index (χ2n) is 10.1. The Morgan fingerprint density at radius 3 is 2.50 bits per heavy atom. The fourth-order valence-corrected chi connectivity index (χ4v) is 6.35. The molecule has 2 saturated carbocycles. The van der Waals surface area contributed by atoms with Gasteiger partial charge in [-0.3, -0.25) is 0 Å². The molecule has 3 aliphatic rings. The Bertz CT molecular complexity index is 458. The molecule has 0 radical (unpaired) electrons. The van der Waals surface area contributed by atoms with E-state index in [9.17, 15) is 0 Å². The summed E-state index contributed by atoms with van der Waals surface area (Å²) in [4.78, 5) is 0. The van der Waals surface area contributed by atoms with E-state index in [0.717, 1.165) is 23.2 Å². The maximum atomic E-state index is 2.53. The van der Waals surface area contributed by atoms with Crippen LogP contribution in [0, 0.1) is 23.2 Å². The molecule has 26 heavy (non-hydrogen) atoms. The Morgan fingerprint density at radius 1 is 1.08 bits per heavy atom. The minimum atomic E-state index is 0.799. The molecule has 0 saturated heterocycles. The van der Waals surface area contributed by atoms with E-state index >= 15 is 0 Å². The van der Waals surface area contributed by atoms with E-state index in [0.29, 0.717) is 0 Å². The molecule has 3 rings (SSSR count). The van der Waals surface area contributed by atoms with Crippen LogP contribution in [0.25, 0.3) is 0 Å². The van der Waals surface area contributed by atoms with Gasteiger partial charge in [0.25, 0.3) is 0 Å². The number of hydrogen-bond acceptors (Lipinski definition) is 0. The summed E-state index contributed by atoms with van der Waals surface area (Å²) in [6.45, 7) is 4.92. The Balaban J connectivity index is 1.39. The lowest BCUT2D eigenvalue weighted by atomic mass is 9.57. The lowest BCUT2D eigenvalue weighted by Crippen LogP contribution is -2.36. The van der Waals surface area contributed by atoms with Crippen LogP contribution >= 0.6 is 0 Å². The highest BCUT2D eigenvalue weighted by molar-refractivity contribution is 5.22. The predicted octanol–water partition coefficient (Wildman–Crippen LogP) is 8.63. The van der Waals surface area contributed by atoms with Crippen LogP contribution in [0.15, 0.2) is 23.8 Å². The van der Waals surface area contributed by atoms with E-state index in [4.69, 9.17) is 0 Å². The van der Waals surface area contributed by atoms with Crippen LogP contribution in [0.3, 0.4) is 0 Å². The fourth-order valence-electron chi connectivity index (χ4n) is 6.35. The van der Waals surface area contributed by atoms with Gasteiger partial charge in [0.2, 0.25) is 0 Å². The van der Waals surface area contributed by atoms with Crippen molar-refractivity contribution in [3.63, 3.8) is 0 Å². The largest absolute Gasteiger partial charge is 0.0805 e. The van der Waals surface area contributed by atoms with Gasteiger partial charge >= 0.3 is 0 Å². The van der Waals surface area contributed by atoms with Gasteiger partial charge in [0, 0.05) is 0 Å². The first-order chi connectivity index (χ1) is 12.7. The molecule has 2 atom stereocenters. The molecule has 0 N–H and O–H groups in total. The molecular formula is C26H44. The molecule has 0 spiro atoms. The van der Waals surface area contributed by atoms with Gasteiger partial charge in [-0.1, -0.05) is 76.2 Å². The van der Waals surface area contributed by atoms with E-state index in [1.54, 1.807) is 37.7 Å². The zero-order valence-corrected chi connectivity index (χ0v) is 17.8. The van der Waals surface area contributed by atoms with Crippen molar-refractivity contribution in [3.05, 3.63) is 23.8 Å². The zero-order valence-electron chi connectivity index (χ0n) is 17.8. The SMILES string of the molecule is CCCC(CCC1(C2CCCC2)CCC1)CC(C)CCCC1=CC=CC1. The van der Waals surface area contributed by atoms with Gasteiger partial charge in [0.15, 0.2) is 0 Å². The summed E-state index contributed by atoms with van der Waals surface area (Å²) >= 11 is 0. The summed E-state index contributed by atoms with van der Waals surface area (Å²) < 4.78 is 0. The molecule has 0 aliphatic heterocycles. The summed E-state index contributed by atoms with van der Waals surface area (Å²) in [6.07, 6.45) is 30.5. The normalized spacial score (nSPS) is 24.5. The molecule has 2 unspecified atom stereocenters. The molecule has 148 valence electrons. The number of rotatable bonds is 12. The summed E-state index contributed by atoms with van der Waals surface area (Å²) in [5.74, 6) is 3.02. The molecule has 2 fully saturated rings. The van der Waals surface area contributed by atoms with Crippen molar-refractivity contribution < 1.29 is 0 Å². The Hall–Kier alpha value is -0.520. The summed E-state index contributed by atoms with van der Waals surface area (Å²) in [6, 6.07) is 0. The second kappa shape index (κ2) is 10.1. The smallest absolute Gasteiger partial charge is 0.0133 e. The van der Waals surface area contributed by atoms with Crippen LogP contribution in [0.5, 0.6) is 0 Å². The van der Waals surface area contributed by atoms with Crippen LogP contribution in [0.4, 0.5) is 0 Å². The molecule has 3 aliphatic carbocycles. The van der Waals surface area contributed by atoms with Crippen molar-refractivity contribution in [3.8, 4) is 0 Å². The predicted molar refractivity (Wildman–Crippen MR) is 115 cm³/mol. The monoisotopic (exact) mass is 356 g/mol. The van der Waals surface area contributed by atoms with Crippen molar-refractivity contribution in [2.45, 2.75) is 117 Å². The van der Waals surface area contributed by atoms with E-state index in [2.05, 4.69) is 32.1 Å². The maximum Gasteiger partial charge on any atom is -0.0133 e. The average molecular weight is 357 g/mol. The Kier molecular flexibility index (Phi) is 7.89. The maximum absolute atomic E-state index is 2.53. The van der Waals surface area contributed by atoms with Crippen LogP contribution in [0.1, 0.15) is 117 Å². The van der Waals surface area contributed by atoms with Gasteiger partial charge in [0.1, 0.15) is 0 Å². The zero-order chi connectivity index (χ0) is 18.2. The van der Waals surface area contributed by atoms with Crippen LogP contribution in [0.2, 0.25) is 0 Å². The number of allylic oxidation sites excluding steroid dienone is 4. The van der Waals surface area contributed by atoms with E-state index in [-0.39, 0.29) is 0 Å². The highest BCUT2D eigenvalue weighted by atomic mass is 14.5. The molecule has 0 nitrogen and oxygen atoms in total. The first-order valence-corrected chi connectivity index (χ1v) is 12.1. The summed E-state index contributed by atoms with van der Waals surface area (Å²) in [5.41, 5.74) is 2.46. The molecule has 0 aromatic rings. The fraction of sp³-hybridized carbons (Fsp3) is 0.846. The third-order valence-electron chi connectivity index (χ3n) is 8.10. The standard InChI is InChI=1S/C26H44/c1-3-10-24(21-22(2)11-8-14-23-12-4-5-13-23)17-20-26(18-9-19-26)25-15-6-7-16-25/h4-5,12,22,24-25H,3,6-11,13-21H2,1-2H3. The number of hydrogen-bond donors (Lipinski definition) is 0. The van der Waals surface area contributed by atoms with Gasteiger partial charge in [0.05, 0.1) is 0 Å². The molecule has 0 amide bonds. The lowest BCUT2D eigenvalue weighted by molar-refractivity contribution is 0.0319. The van der Waals surface area contributed by atoms with Gasteiger partial charge in [-0.2, -0.15) is 0 Å². The highest BCUT2D eigenvalue weighted by Gasteiger charge is 2.44. The second-order valence-corrected chi connectivity index (χ2v) is 10.1. The van der Waals surface area contributed by atoms with Crippen molar-refractivity contribution in [2.75, 3.05) is 0 Å². The first-order valence-electron chi connectivity index (χ1n) is 12.1. The van der Waals surface area contributed by atoms with Crippen LogP contribution in [-0.4, -0.2) is 0 Å². The Morgan fingerprint density at radius 2 is 1.88 bits per heavy atom. The third kappa shape index (κ3) is 5.49. The van der Waals surface area contributed by atoms with E-state index in [1.807, 2.05) is 0 Å². The minimum absolute atomic E-state index is 0.799. The van der Waals surface area contributed by atoms with Crippen molar-refractivity contribution in [1.29, 1.82) is 0 Å². The summed E-state index contributed by atoms with van der Waals surface area (Å²) in [5, 5.41) is 0. The highest BCUT2D eigenvalue weighted by Crippen LogP contribution is 2.56. The molecule has 0 heterocycles. The quantitative estimate of drug-likeness (QED) is 0.328. The molecule has 0 bridgehead atoms. The van der Waals surface area contributed by atoms with Crippen molar-refractivity contribution in [2.24, 2.45) is 23.2 Å². The van der Waals surface area contributed by atoms with Gasteiger partial charge in [-0.15, -0.1) is 0 Å². The van der Waals surface area contributed by atoms with Gasteiger partial charge < -0.3 is 0 Å². The van der Waals surface area contributed by atoms with Crippen LogP contribution < -0.4 is 0 Å². The molecule has 0 aromatic carbocycles. The van der Waals surface area contributed by atoms with Crippen LogP contribution in [-0.2, 0) is 0 Å². The lowest BCUT2D eigenvalue weighted by Gasteiger charge is -2.48. The van der Waals surface area contributed by atoms with Crippen molar-refractivity contribution in [1.82, 2.24) is 0 Å². The minimum Gasteiger partial charge on any atom is -0.0805 e. The summed E-state index contributed by atoms with van der Waals surface area (Å²) in [7, 11) is 0. The van der Waals surface area contributed by atoms with E-state index in [1.165, 1.54) is 70.6 Å². The van der Waals surface area contributed by atoms with Gasteiger partial charge in [-0.05, 0) is 87.4 Å². The molecular weight excluding hydrogens is 312 g/mol. The topological polar surface area (TPSA) is 0 Å². The Labute approximate surface area is 163 Å². The molecule has 0 heteroatoms. The van der Waals surface area contributed by atoms with E-state index < -0.39 is 0 Å². The third-order valence-corrected chi connectivity index (χ3v) is 8.10. The average Bonchev–Trinajstić information content (AvgIpc) is 3.28. The molecule has 0 aromatic heterocycles. The first kappa shape index (κ1) is 20.2. The van der Waals surface area contributed by atoms with Gasteiger partial charge in [-0.25, -0.2) is 0 Å².